The number of aryl methyl sites for hydroxylation is 1. The Hall–Kier alpha value is -0.820. The number of rotatable bonds is 4. The predicted molar refractivity (Wildman–Crippen MR) is 69.4 cm³/mol. The molecule has 1 nitrogen and oxygen atoms in total. The molecule has 0 saturated heterocycles. The van der Waals surface area contributed by atoms with Crippen molar-refractivity contribution in [2.45, 2.75) is 52.1 Å². The van der Waals surface area contributed by atoms with Crippen LogP contribution in [0.5, 0.6) is 0 Å². The van der Waals surface area contributed by atoms with Crippen molar-refractivity contribution in [1.29, 1.82) is 0 Å². The molecule has 1 aromatic rings. The molecule has 0 aromatic heterocycles. The predicted octanol–water partition coefficient (Wildman–Crippen LogP) is 3.66. The first-order valence-electron chi connectivity index (χ1n) is 6.54. The minimum Gasteiger partial charge on any atom is -0.310 e. The topological polar surface area (TPSA) is 12.0 Å². The standard InChI is InChI=1S/C15H23N/c1-12-7-9-14(10-8-12)11-16-13(2)15-5-3-4-6-15/h7-10,13,15-16H,3-6,11H2,1-2H3/t13-/m1/s1. The summed E-state index contributed by atoms with van der Waals surface area (Å²) in [4.78, 5) is 0. The Labute approximate surface area is 99.3 Å². The van der Waals surface area contributed by atoms with Gasteiger partial charge in [-0.05, 0) is 38.2 Å². The molecule has 0 aliphatic heterocycles. The number of hydrogen-bond donors (Lipinski definition) is 1. The Balaban J connectivity index is 1.80. The summed E-state index contributed by atoms with van der Waals surface area (Å²) in [6, 6.07) is 9.51. The lowest BCUT2D eigenvalue weighted by molar-refractivity contribution is 0.380. The molecule has 0 heterocycles. The highest BCUT2D eigenvalue weighted by Crippen LogP contribution is 2.27. The zero-order valence-corrected chi connectivity index (χ0v) is 10.5. The van der Waals surface area contributed by atoms with E-state index in [1.165, 1.54) is 36.8 Å². The summed E-state index contributed by atoms with van der Waals surface area (Å²) in [5.74, 6) is 0.908. The molecule has 1 atom stereocenters. The normalized spacial score (nSPS) is 18.9. The van der Waals surface area contributed by atoms with E-state index in [1.807, 2.05) is 0 Å². The summed E-state index contributed by atoms with van der Waals surface area (Å²) in [5.41, 5.74) is 2.74. The van der Waals surface area contributed by atoms with E-state index in [4.69, 9.17) is 0 Å². The zero-order chi connectivity index (χ0) is 11.4. The van der Waals surface area contributed by atoms with Gasteiger partial charge in [-0.1, -0.05) is 42.7 Å². The van der Waals surface area contributed by atoms with Gasteiger partial charge in [0, 0.05) is 12.6 Å². The molecule has 1 aromatic carbocycles. The first-order chi connectivity index (χ1) is 7.75. The number of benzene rings is 1. The van der Waals surface area contributed by atoms with Gasteiger partial charge >= 0.3 is 0 Å². The van der Waals surface area contributed by atoms with E-state index < -0.39 is 0 Å². The molecule has 0 unspecified atom stereocenters. The van der Waals surface area contributed by atoms with E-state index >= 15 is 0 Å². The van der Waals surface area contributed by atoms with Crippen molar-refractivity contribution in [2.24, 2.45) is 5.92 Å². The Morgan fingerprint density at radius 3 is 2.44 bits per heavy atom. The summed E-state index contributed by atoms with van der Waals surface area (Å²) in [7, 11) is 0. The van der Waals surface area contributed by atoms with Gasteiger partial charge in [-0.25, -0.2) is 0 Å². The highest BCUT2D eigenvalue weighted by Gasteiger charge is 2.20. The molecule has 0 radical (unpaired) electrons. The first kappa shape index (κ1) is 11.7. The first-order valence-corrected chi connectivity index (χ1v) is 6.54. The fourth-order valence-corrected chi connectivity index (χ4v) is 2.61. The second-order valence-corrected chi connectivity index (χ2v) is 5.20. The molecular formula is C15H23N. The lowest BCUT2D eigenvalue weighted by Gasteiger charge is -2.20. The van der Waals surface area contributed by atoms with Crippen LogP contribution in [0.2, 0.25) is 0 Å². The van der Waals surface area contributed by atoms with E-state index in [1.54, 1.807) is 0 Å². The molecule has 1 fully saturated rings. The fourth-order valence-electron chi connectivity index (χ4n) is 2.61. The van der Waals surface area contributed by atoms with Crippen LogP contribution in [0.4, 0.5) is 0 Å². The molecule has 2 rings (SSSR count). The van der Waals surface area contributed by atoms with E-state index in [9.17, 15) is 0 Å². The quantitative estimate of drug-likeness (QED) is 0.811. The third-order valence-electron chi connectivity index (χ3n) is 3.86. The van der Waals surface area contributed by atoms with Gasteiger partial charge in [0.2, 0.25) is 0 Å². The van der Waals surface area contributed by atoms with Crippen molar-refractivity contribution in [3.63, 3.8) is 0 Å². The molecule has 0 amide bonds. The van der Waals surface area contributed by atoms with Gasteiger partial charge in [0.05, 0.1) is 0 Å². The zero-order valence-electron chi connectivity index (χ0n) is 10.5. The van der Waals surface area contributed by atoms with Crippen LogP contribution in [-0.4, -0.2) is 6.04 Å². The Kier molecular flexibility index (Phi) is 4.00. The molecule has 0 bridgehead atoms. The summed E-state index contributed by atoms with van der Waals surface area (Å²) in [6.07, 6.45) is 5.70. The maximum atomic E-state index is 3.66. The average Bonchev–Trinajstić information content (AvgIpc) is 2.81. The third-order valence-corrected chi connectivity index (χ3v) is 3.86. The maximum Gasteiger partial charge on any atom is 0.0208 e. The van der Waals surface area contributed by atoms with Crippen LogP contribution in [0.3, 0.4) is 0 Å². The molecule has 1 aliphatic carbocycles. The summed E-state index contributed by atoms with van der Waals surface area (Å²) >= 11 is 0. The van der Waals surface area contributed by atoms with Gasteiger partial charge in [-0.15, -0.1) is 0 Å². The average molecular weight is 217 g/mol. The minimum atomic E-state index is 0.670. The van der Waals surface area contributed by atoms with Crippen LogP contribution in [0.15, 0.2) is 24.3 Å². The van der Waals surface area contributed by atoms with E-state index in [0.717, 1.165) is 12.5 Å². The second-order valence-electron chi connectivity index (χ2n) is 5.20. The third kappa shape index (κ3) is 3.08. The molecular weight excluding hydrogens is 194 g/mol. The SMILES string of the molecule is Cc1ccc(CN[C@H](C)C2CCCC2)cc1. The van der Waals surface area contributed by atoms with Crippen LogP contribution >= 0.6 is 0 Å². The summed E-state index contributed by atoms with van der Waals surface area (Å²) in [5, 5.41) is 3.66. The molecule has 16 heavy (non-hydrogen) atoms. The maximum absolute atomic E-state index is 3.66. The van der Waals surface area contributed by atoms with Gasteiger partial charge in [0.15, 0.2) is 0 Å². The highest BCUT2D eigenvalue weighted by molar-refractivity contribution is 5.21. The molecule has 1 aliphatic rings. The van der Waals surface area contributed by atoms with E-state index in [-0.39, 0.29) is 0 Å². The Bertz CT molecular complexity index is 309. The number of hydrogen-bond acceptors (Lipinski definition) is 1. The van der Waals surface area contributed by atoms with Crippen molar-refractivity contribution in [2.75, 3.05) is 0 Å². The highest BCUT2D eigenvalue weighted by atomic mass is 14.9. The van der Waals surface area contributed by atoms with Crippen LogP contribution < -0.4 is 5.32 Å². The summed E-state index contributed by atoms with van der Waals surface area (Å²) < 4.78 is 0. The van der Waals surface area contributed by atoms with E-state index in [0.29, 0.717) is 6.04 Å². The van der Waals surface area contributed by atoms with Crippen molar-refractivity contribution >= 4 is 0 Å². The lowest BCUT2D eigenvalue weighted by Crippen LogP contribution is -2.31. The molecule has 1 N–H and O–H groups in total. The fraction of sp³-hybridized carbons (Fsp3) is 0.600. The van der Waals surface area contributed by atoms with Gasteiger partial charge in [-0.3, -0.25) is 0 Å². The van der Waals surface area contributed by atoms with Crippen LogP contribution in [0.25, 0.3) is 0 Å². The smallest absolute Gasteiger partial charge is 0.0208 e. The Morgan fingerprint density at radius 2 is 1.81 bits per heavy atom. The van der Waals surface area contributed by atoms with Crippen LogP contribution in [0.1, 0.15) is 43.7 Å². The van der Waals surface area contributed by atoms with Crippen molar-refractivity contribution in [3.8, 4) is 0 Å². The molecule has 0 spiro atoms. The molecule has 1 saturated carbocycles. The van der Waals surface area contributed by atoms with Crippen LogP contribution in [0, 0.1) is 12.8 Å². The van der Waals surface area contributed by atoms with Crippen LogP contribution in [-0.2, 0) is 6.54 Å². The lowest BCUT2D eigenvalue weighted by atomic mass is 9.99. The van der Waals surface area contributed by atoms with Gasteiger partial charge in [-0.2, -0.15) is 0 Å². The van der Waals surface area contributed by atoms with Gasteiger partial charge < -0.3 is 5.32 Å². The van der Waals surface area contributed by atoms with Crippen molar-refractivity contribution < 1.29 is 0 Å². The summed E-state index contributed by atoms with van der Waals surface area (Å²) in [6.45, 7) is 5.49. The van der Waals surface area contributed by atoms with Crippen molar-refractivity contribution in [1.82, 2.24) is 5.32 Å². The number of nitrogens with one attached hydrogen (secondary N) is 1. The van der Waals surface area contributed by atoms with Gasteiger partial charge in [0.25, 0.3) is 0 Å². The monoisotopic (exact) mass is 217 g/mol. The second kappa shape index (κ2) is 5.49. The van der Waals surface area contributed by atoms with E-state index in [2.05, 4.69) is 43.4 Å². The molecule has 88 valence electrons. The van der Waals surface area contributed by atoms with Gasteiger partial charge in [0.1, 0.15) is 0 Å². The van der Waals surface area contributed by atoms with Crippen molar-refractivity contribution in [3.05, 3.63) is 35.4 Å². The Morgan fingerprint density at radius 1 is 1.19 bits per heavy atom. The minimum absolute atomic E-state index is 0.670. The largest absolute Gasteiger partial charge is 0.310 e. The molecule has 1 heteroatoms.